The maximum Gasteiger partial charge on any atom is 0.270 e. The van der Waals surface area contributed by atoms with Crippen molar-refractivity contribution in [3.63, 3.8) is 0 Å². The predicted octanol–water partition coefficient (Wildman–Crippen LogP) is 1.42. The van der Waals surface area contributed by atoms with Crippen molar-refractivity contribution in [1.82, 2.24) is 9.78 Å². The van der Waals surface area contributed by atoms with Gasteiger partial charge >= 0.3 is 0 Å². The molecule has 1 heterocycles. The second-order valence-corrected chi connectivity index (χ2v) is 5.95. The van der Waals surface area contributed by atoms with Gasteiger partial charge in [-0.15, -0.1) is 0 Å². The summed E-state index contributed by atoms with van der Waals surface area (Å²) in [6, 6.07) is 11.6. The molecule has 5 nitrogen and oxygen atoms in total. The molecule has 2 aromatic rings. The van der Waals surface area contributed by atoms with Crippen LogP contribution in [0.4, 0.5) is 0 Å². The number of ether oxygens (including phenoxy) is 1. The first-order valence-electron chi connectivity index (χ1n) is 7.41. The van der Waals surface area contributed by atoms with E-state index in [-0.39, 0.29) is 23.5 Å². The number of hydrogen-bond acceptors (Lipinski definition) is 4. The number of aliphatic hydroxyl groups excluding tert-OH is 1. The first-order chi connectivity index (χ1) is 10.6. The Morgan fingerprint density at radius 1 is 1.41 bits per heavy atom. The van der Waals surface area contributed by atoms with Crippen molar-refractivity contribution in [3.05, 3.63) is 58.0 Å². The monoisotopic (exact) mass is 300 g/mol. The third kappa shape index (κ3) is 2.52. The number of hydrogen-bond donors (Lipinski definition) is 1. The molecule has 0 amide bonds. The summed E-state index contributed by atoms with van der Waals surface area (Å²) >= 11 is 0. The highest BCUT2D eigenvalue weighted by atomic mass is 16.5. The molecule has 1 N–H and O–H groups in total. The van der Waals surface area contributed by atoms with Gasteiger partial charge in [0.2, 0.25) is 0 Å². The van der Waals surface area contributed by atoms with Crippen molar-refractivity contribution < 1.29 is 9.84 Å². The lowest BCUT2D eigenvalue weighted by atomic mass is 9.94. The van der Waals surface area contributed by atoms with Crippen molar-refractivity contribution in [2.24, 2.45) is 13.0 Å². The summed E-state index contributed by atoms with van der Waals surface area (Å²) < 4.78 is 7.19. The Kier molecular flexibility index (Phi) is 3.74. The number of nitrogens with zero attached hydrogens (tertiary/aromatic N) is 2. The molecule has 0 saturated heterocycles. The second-order valence-electron chi connectivity index (χ2n) is 5.95. The van der Waals surface area contributed by atoms with Gasteiger partial charge in [-0.3, -0.25) is 4.79 Å². The molecule has 3 rings (SSSR count). The number of aryl methyl sites for hydroxylation is 2. The van der Waals surface area contributed by atoms with E-state index in [1.165, 1.54) is 16.3 Å². The Hall–Kier alpha value is -2.14. The lowest BCUT2D eigenvalue weighted by molar-refractivity contribution is 0.224. The third-order valence-corrected chi connectivity index (χ3v) is 4.52. The van der Waals surface area contributed by atoms with Crippen LogP contribution in [0.25, 0.3) is 0 Å². The number of aliphatic hydroxyl groups is 1. The Morgan fingerprint density at radius 3 is 2.77 bits per heavy atom. The number of aromatic nitrogens is 2. The summed E-state index contributed by atoms with van der Waals surface area (Å²) in [7, 11) is 1.62. The van der Waals surface area contributed by atoms with Crippen molar-refractivity contribution in [2.75, 3.05) is 13.2 Å². The fourth-order valence-corrected chi connectivity index (χ4v) is 2.99. The Labute approximate surface area is 129 Å². The van der Waals surface area contributed by atoms with Crippen LogP contribution in [-0.4, -0.2) is 28.1 Å². The predicted molar refractivity (Wildman–Crippen MR) is 83.0 cm³/mol. The van der Waals surface area contributed by atoms with Gasteiger partial charge in [-0.1, -0.05) is 30.3 Å². The SMILES string of the molecule is Cc1nn(C)c(=O)cc1OC[C@@]1(c2ccccc2)C[C@H]1CO. The lowest BCUT2D eigenvalue weighted by Crippen LogP contribution is -2.24. The van der Waals surface area contributed by atoms with Crippen molar-refractivity contribution in [1.29, 1.82) is 0 Å². The summed E-state index contributed by atoms with van der Waals surface area (Å²) in [6.07, 6.45) is 0.894. The number of rotatable bonds is 5. The fraction of sp³-hybridized carbons (Fsp3) is 0.412. The fourth-order valence-electron chi connectivity index (χ4n) is 2.99. The van der Waals surface area contributed by atoms with E-state index in [4.69, 9.17) is 4.74 Å². The largest absolute Gasteiger partial charge is 0.490 e. The lowest BCUT2D eigenvalue weighted by Gasteiger charge is -2.19. The van der Waals surface area contributed by atoms with E-state index in [0.29, 0.717) is 18.1 Å². The van der Waals surface area contributed by atoms with E-state index in [1.54, 1.807) is 7.05 Å². The first kappa shape index (κ1) is 14.8. The van der Waals surface area contributed by atoms with Crippen LogP contribution in [0.2, 0.25) is 0 Å². The molecule has 0 spiro atoms. The minimum absolute atomic E-state index is 0.145. The highest BCUT2D eigenvalue weighted by Gasteiger charge is 2.55. The van der Waals surface area contributed by atoms with E-state index >= 15 is 0 Å². The maximum atomic E-state index is 11.7. The van der Waals surface area contributed by atoms with Crippen LogP contribution in [-0.2, 0) is 12.5 Å². The summed E-state index contributed by atoms with van der Waals surface area (Å²) in [5.41, 5.74) is 1.50. The van der Waals surface area contributed by atoms with E-state index in [0.717, 1.165) is 6.42 Å². The van der Waals surface area contributed by atoms with Crippen LogP contribution in [0.5, 0.6) is 5.75 Å². The smallest absolute Gasteiger partial charge is 0.270 e. The quantitative estimate of drug-likeness (QED) is 0.907. The molecule has 0 bridgehead atoms. The Balaban J connectivity index is 1.83. The van der Waals surface area contributed by atoms with Gasteiger partial charge in [-0.05, 0) is 24.8 Å². The summed E-state index contributed by atoms with van der Waals surface area (Å²) in [4.78, 5) is 11.7. The number of benzene rings is 1. The van der Waals surface area contributed by atoms with Gasteiger partial charge in [0.25, 0.3) is 5.56 Å². The summed E-state index contributed by atoms with van der Waals surface area (Å²) in [5, 5.41) is 13.6. The minimum atomic E-state index is -0.191. The molecule has 1 aliphatic rings. The van der Waals surface area contributed by atoms with Gasteiger partial charge in [0.05, 0.1) is 6.61 Å². The standard InChI is InChI=1S/C17H20N2O3/c1-12-15(8-16(21)19(2)18-12)22-11-17(9-14(17)10-20)13-6-4-3-5-7-13/h3-8,14,20H,9-11H2,1-2H3/t14-,17+/m0/s1. The first-order valence-corrected chi connectivity index (χ1v) is 7.41. The average Bonchev–Trinajstić information content (AvgIpc) is 3.25. The van der Waals surface area contributed by atoms with Crippen molar-refractivity contribution >= 4 is 0 Å². The normalized spacial score (nSPS) is 23.3. The van der Waals surface area contributed by atoms with Gasteiger partial charge < -0.3 is 9.84 Å². The van der Waals surface area contributed by atoms with Crippen LogP contribution < -0.4 is 10.3 Å². The molecule has 1 fully saturated rings. The molecule has 5 heteroatoms. The van der Waals surface area contributed by atoms with E-state index in [9.17, 15) is 9.90 Å². The van der Waals surface area contributed by atoms with Crippen LogP contribution >= 0.6 is 0 Å². The molecule has 1 aromatic heterocycles. The molecular weight excluding hydrogens is 280 g/mol. The van der Waals surface area contributed by atoms with E-state index < -0.39 is 0 Å². The Morgan fingerprint density at radius 2 is 2.14 bits per heavy atom. The van der Waals surface area contributed by atoms with Gasteiger partial charge in [-0.2, -0.15) is 5.10 Å². The second kappa shape index (κ2) is 5.57. The van der Waals surface area contributed by atoms with Crippen LogP contribution in [0.3, 0.4) is 0 Å². The average molecular weight is 300 g/mol. The topological polar surface area (TPSA) is 64.4 Å². The molecule has 22 heavy (non-hydrogen) atoms. The Bertz CT molecular complexity index is 726. The zero-order valence-electron chi connectivity index (χ0n) is 12.8. The van der Waals surface area contributed by atoms with Crippen molar-refractivity contribution in [3.8, 4) is 5.75 Å². The highest BCUT2D eigenvalue weighted by molar-refractivity contribution is 5.35. The third-order valence-electron chi connectivity index (χ3n) is 4.52. The molecule has 116 valence electrons. The zero-order valence-corrected chi connectivity index (χ0v) is 12.8. The molecule has 1 saturated carbocycles. The van der Waals surface area contributed by atoms with Crippen LogP contribution in [0.1, 0.15) is 17.7 Å². The summed E-state index contributed by atoms with van der Waals surface area (Å²) in [5.74, 6) is 0.719. The molecular formula is C17H20N2O3. The molecule has 0 aliphatic heterocycles. The molecule has 1 aromatic carbocycles. The summed E-state index contributed by atoms with van der Waals surface area (Å²) in [6.45, 7) is 2.41. The molecule has 2 atom stereocenters. The molecule has 0 radical (unpaired) electrons. The minimum Gasteiger partial charge on any atom is -0.490 e. The molecule has 1 aliphatic carbocycles. The van der Waals surface area contributed by atoms with E-state index in [1.807, 2.05) is 25.1 Å². The maximum absolute atomic E-state index is 11.7. The molecule has 0 unspecified atom stereocenters. The zero-order chi connectivity index (χ0) is 15.7. The van der Waals surface area contributed by atoms with Gasteiger partial charge in [0.15, 0.2) is 0 Å². The van der Waals surface area contributed by atoms with Gasteiger partial charge in [0.1, 0.15) is 11.4 Å². The van der Waals surface area contributed by atoms with E-state index in [2.05, 4.69) is 17.2 Å². The van der Waals surface area contributed by atoms with Crippen LogP contribution in [0.15, 0.2) is 41.2 Å². The van der Waals surface area contributed by atoms with Gasteiger partial charge in [-0.25, -0.2) is 4.68 Å². The van der Waals surface area contributed by atoms with Gasteiger partial charge in [0, 0.05) is 25.1 Å². The van der Waals surface area contributed by atoms with Crippen molar-refractivity contribution in [2.45, 2.75) is 18.8 Å². The van der Waals surface area contributed by atoms with Crippen LogP contribution in [0, 0.1) is 12.8 Å². The highest BCUT2D eigenvalue weighted by Crippen LogP contribution is 2.54.